The van der Waals surface area contributed by atoms with E-state index in [4.69, 9.17) is 5.11 Å². The van der Waals surface area contributed by atoms with E-state index in [-0.39, 0.29) is 30.5 Å². The number of urea groups is 1. The maximum Gasteiger partial charge on any atom is 0.441 e. The van der Waals surface area contributed by atoms with E-state index in [2.05, 4.69) is 10.6 Å². The van der Waals surface area contributed by atoms with Gasteiger partial charge in [-0.1, -0.05) is 6.92 Å². The van der Waals surface area contributed by atoms with Gasteiger partial charge in [-0.3, -0.25) is 0 Å². The summed E-state index contributed by atoms with van der Waals surface area (Å²) in [5.74, 6) is -1.51. The number of hydrogen-bond acceptors (Lipinski definition) is 3. The number of carbonyl (C=O) groups is 2. The number of hydrogen-bond donors (Lipinski definition) is 3. The minimum absolute atomic E-state index is 0.188. The summed E-state index contributed by atoms with van der Waals surface area (Å²) in [7, 11) is 0. The third kappa shape index (κ3) is 8.66. The second-order valence-corrected chi connectivity index (χ2v) is 4.15. The normalized spacial score (nSPS) is 12.9. The van der Waals surface area contributed by atoms with E-state index in [1.165, 1.54) is 0 Å². The summed E-state index contributed by atoms with van der Waals surface area (Å²) in [6.45, 7) is 1.38. The van der Waals surface area contributed by atoms with Gasteiger partial charge >= 0.3 is 17.5 Å². The number of alkyl halides is 3. The minimum atomic E-state index is -4.33. The fourth-order valence-electron chi connectivity index (χ4n) is 0.879. The fraction of sp³-hybridized carbons (Fsp3) is 0.750. The Kier molecular flexibility index (Phi) is 6.78. The van der Waals surface area contributed by atoms with Crippen LogP contribution >= 0.6 is 11.8 Å². The van der Waals surface area contributed by atoms with Crippen LogP contribution in [0.5, 0.6) is 0 Å². The monoisotopic (exact) mass is 274 g/mol. The van der Waals surface area contributed by atoms with Crippen LogP contribution in [-0.2, 0) is 4.79 Å². The molecule has 0 saturated carbocycles. The molecule has 0 bridgehead atoms. The largest absolute Gasteiger partial charge is 0.480 e. The molecule has 0 unspecified atom stereocenters. The van der Waals surface area contributed by atoms with E-state index in [9.17, 15) is 22.8 Å². The molecule has 3 N–H and O–H groups in total. The van der Waals surface area contributed by atoms with E-state index in [1.54, 1.807) is 6.92 Å². The highest BCUT2D eigenvalue weighted by molar-refractivity contribution is 8.00. The van der Waals surface area contributed by atoms with Crippen molar-refractivity contribution in [3.8, 4) is 0 Å². The average Bonchev–Trinajstić information content (AvgIpc) is 2.19. The van der Waals surface area contributed by atoms with E-state index < -0.39 is 23.6 Å². The van der Waals surface area contributed by atoms with Gasteiger partial charge in [0.1, 0.15) is 6.04 Å². The minimum Gasteiger partial charge on any atom is -0.480 e. The fourth-order valence-corrected chi connectivity index (χ4v) is 1.31. The zero-order valence-corrected chi connectivity index (χ0v) is 9.82. The first kappa shape index (κ1) is 15.9. The van der Waals surface area contributed by atoms with Crippen molar-refractivity contribution in [1.82, 2.24) is 10.6 Å². The predicted molar refractivity (Wildman–Crippen MR) is 56.8 cm³/mol. The molecule has 0 aliphatic carbocycles. The Balaban J connectivity index is 3.77. The summed E-state index contributed by atoms with van der Waals surface area (Å²) in [5.41, 5.74) is -4.33. The van der Waals surface area contributed by atoms with Crippen LogP contribution in [0.25, 0.3) is 0 Å². The third-order valence-electron chi connectivity index (χ3n) is 1.67. The average molecular weight is 274 g/mol. The van der Waals surface area contributed by atoms with Crippen LogP contribution in [0.1, 0.15) is 13.3 Å². The first-order valence-electron chi connectivity index (χ1n) is 4.74. The molecule has 0 aromatic rings. The van der Waals surface area contributed by atoms with Gasteiger partial charge in [0.2, 0.25) is 0 Å². The Morgan fingerprint density at radius 2 is 2.00 bits per heavy atom. The van der Waals surface area contributed by atoms with Crippen molar-refractivity contribution in [2.45, 2.75) is 24.9 Å². The second-order valence-electron chi connectivity index (χ2n) is 2.99. The lowest BCUT2D eigenvalue weighted by molar-refractivity contribution is -0.139. The Morgan fingerprint density at radius 1 is 1.41 bits per heavy atom. The molecular weight excluding hydrogens is 261 g/mol. The van der Waals surface area contributed by atoms with Crippen LogP contribution in [0.15, 0.2) is 0 Å². The molecule has 17 heavy (non-hydrogen) atoms. The Bertz CT molecular complexity index is 273. The summed E-state index contributed by atoms with van der Waals surface area (Å²) in [6.07, 6.45) is 0.194. The predicted octanol–water partition coefficient (Wildman–Crippen LogP) is 1.40. The number of halogens is 3. The Labute approximate surface area is 100 Å². The van der Waals surface area contributed by atoms with Gasteiger partial charge in [-0.25, -0.2) is 9.59 Å². The van der Waals surface area contributed by atoms with Crippen LogP contribution < -0.4 is 10.6 Å². The van der Waals surface area contributed by atoms with Crippen LogP contribution in [0.4, 0.5) is 18.0 Å². The van der Waals surface area contributed by atoms with Crippen molar-refractivity contribution in [3.05, 3.63) is 0 Å². The maximum absolute atomic E-state index is 11.7. The third-order valence-corrected chi connectivity index (χ3v) is 2.40. The maximum atomic E-state index is 11.7. The lowest BCUT2D eigenvalue weighted by Crippen LogP contribution is -2.46. The van der Waals surface area contributed by atoms with Crippen molar-refractivity contribution in [2.75, 3.05) is 12.3 Å². The molecule has 9 heteroatoms. The van der Waals surface area contributed by atoms with Gasteiger partial charge in [0.15, 0.2) is 0 Å². The van der Waals surface area contributed by atoms with Gasteiger partial charge in [-0.15, -0.1) is 0 Å². The van der Waals surface area contributed by atoms with Gasteiger partial charge in [0, 0.05) is 12.3 Å². The van der Waals surface area contributed by atoms with Crippen molar-refractivity contribution in [2.24, 2.45) is 0 Å². The zero-order valence-electron chi connectivity index (χ0n) is 9.00. The summed E-state index contributed by atoms with van der Waals surface area (Å²) < 4.78 is 35.1. The van der Waals surface area contributed by atoms with Crippen molar-refractivity contribution < 1.29 is 27.9 Å². The van der Waals surface area contributed by atoms with Crippen molar-refractivity contribution in [1.29, 1.82) is 0 Å². The standard InChI is InChI=1S/C8H13F3N2O3S/c1-2-5(6(14)15)13-7(16)12-3-4-17-8(9,10)11/h5H,2-4H2,1H3,(H,14,15)(H2,12,13,16)/t5-/m0/s1. The smallest absolute Gasteiger partial charge is 0.441 e. The van der Waals surface area contributed by atoms with Gasteiger partial charge in [-0.2, -0.15) is 13.2 Å². The first-order valence-corrected chi connectivity index (χ1v) is 5.72. The number of amides is 2. The quantitative estimate of drug-likeness (QED) is 0.640. The summed E-state index contributed by atoms with van der Waals surface area (Å²) >= 11 is -0.252. The molecule has 0 aromatic carbocycles. The molecule has 0 radical (unpaired) electrons. The van der Waals surface area contributed by atoms with Gasteiger partial charge in [0.05, 0.1) is 0 Å². The van der Waals surface area contributed by atoms with Crippen LogP contribution in [0.3, 0.4) is 0 Å². The lowest BCUT2D eigenvalue weighted by atomic mass is 10.2. The highest BCUT2D eigenvalue weighted by Crippen LogP contribution is 2.29. The van der Waals surface area contributed by atoms with Crippen LogP contribution in [0.2, 0.25) is 0 Å². The first-order chi connectivity index (χ1) is 7.76. The SMILES string of the molecule is CC[C@H](NC(=O)NCCSC(F)(F)F)C(=O)O. The molecule has 0 saturated heterocycles. The molecule has 0 aliphatic heterocycles. The number of carboxylic acid groups (broad SMARTS) is 1. The number of aliphatic carboxylic acids is 1. The molecule has 100 valence electrons. The number of rotatable bonds is 6. The summed E-state index contributed by atoms with van der Waals surface area (Å²) in [6, 6.07) is -1.83. The molecule has 0 rings (SSSR count). The molecule has 0 aliphatic rings. The molecular formula is C8H13F3N2O3S. The van der Waals surface area contributed by atoms with E-state index >= 15 is 0 Å². The van der Waals surface area contributed by atoms with Crippen LogP contribution in [0, 0.1) is 0 Å². The molecule has 0 fully saturated rings. The van der Waals surface area contributed by atoms with E-state index in [1.807, 2.05) is 0 Å². The molecule has 5 nitrogen and oxygen atoms in total. The molecule has 0 aromatic heterocycles. The molecule has 0 heterocycles. The van der Waals surface area contributed by atoms with Gasteiger partial charge in [-0.05, 0) is 18.2 Å². The lowest BCUT2D eigenvalue weighted by Gasteiger charge is -2.13. The Hall–Kier alpha value is -1.12. The summed E-state index contributed by atoms with van der Waals surface area (Å²) in [5, 5.41) is 12.9. The van der Waals surface area contributed by atoms with E-state index in [0.29, 0.717) is 0 Å². The van der Waals surface area contributed by atoms with E-state index in [0.717, 1.165) is 0 Å². The van der Waals surface area contributed by atoms with Crippen LogP contribution in [-0.4, -0.2) is 41.0 Å². The zero-order chi connectivity index (χ0) is 13.5. The molecule has 0 spiro atoms. The van der Waals surface area contributed by atoms with Crippen molar-refractivity contribution >= 4 is 23.8 Å². The van der Waals surface area contributed by atoms with Gasteiger partial charge < -0.3 is 15.7 Å². The summed E-state index contributed by atoms with van der Waals surface area (Å²) in [4.78, 5) is 21.6. The number of nitrogens with one attached hydrogen (secondary N) is 2. The highest BCUT2D eigenvalue weighted by Gasteiger charge is 2.27. The Morgan fingerprint density at radius 3 is 2.41 bits per heavy atom. The number of carboxylic acids is 1. The number of carbonyl (C=O) groups excluding carboxylic acids is 1. The molecule has 2 amide bonds. The van der Waals surface area contributed by atoms with Gasteiger partial charge in [0.25, 0.3) is 0 Å². The molecule has 1 atom stereocenters. The second kappa shape index (κ2) is 7.25. The highest BCUT2D eigenvalue weighted by atomic mass is 32.2. The topological polar surface area (TPSA) is 78.4 Å². The van der Waals surface area contributed by atoms with Crippen molar-refractivity contribution in [3.63, 3.8) is 0 Å². The number of thioether (sulfide) groups is 1.